The quantitative estimate of drug-likeness (QED) is 0.396. The lowest BCUT2D eigenvalue weighted by Gasteiger charge is -2.07. The third-order valence-electron chi connectivity index (χ3n) is 4.29. The monoisotopic (exact) mass is 448 g/mol. The van der Waals surface area contributed by atoms with E-state index in [2.05, 4.69) is 44.8 Å². The molecule has 0 aliphatic heterocycles. The Morgan fingerprint density at radius 3 is 2.54 bits per heavy atom. The van der Waals surface area contributed by atoms with Crippen molar-refractivity contribution < 1.29 is 4.79 Å². The van der Waals surface area contributed by atoms with Crippen molar-refractivity contribution in [3.8, 4) is 21.8 Å². The number of nitrogens with zero attached hydrogens (tertiary/aromatic N) is 1. The average Bonchev–Trinajstić information content (AvgIpc) is 3.23. The number of nitrogens with one attached hydrogen (secondary N) is 1. The van der Waals surface area contributed by atoms with Crippen LogP contribution in [0.2, 0.25) is 0 Å². The van der Waals surface area contributed by atoms with Gasteiger partial charge in [-0.15, -0.1) is 11.3 Å². The van der Waals surface area contributed by atoms with Crippen molar-refractivity contribution in [2.45, 2.75) is 6.54 Å². The van der Waals surface area contributed by atoms with Crippen LogP contribution in [0.1, 0.15) is 15.9 Å². The Hall–Kier alpha value is -2.76. The summed E-state index contributed by atoms with van der Waals surface area (Å²) in [4.78, 5) is 17.1. The van der Waals surface area contributed by atoms with Gasteiger partial charge in [0.1, 0.15) is 5.01 Å². The predicted octanol–water partition coefficient (Wildman–Crippen LogP) is 6.17. The molecule has 28 heavy (non-hydrogen) atoms. The molecule has 3 nitrogen and oxygen atoms in total. The second-order valence-corrected chi connectivity index (χ2v) is 8.07. The molecule has 0 bridgehead atoms. The molecule has 0 aliphatic rings. The van der Waals surface area contributed by atoms with Gasteiger partial charge in [-0.3, -0.25) is 4.79 Å². The number of carbonyl (C=O) groups is 1. The van der Waals surface area contributed by atoms with Crippen LogP contribution in [0.25, 0.3) is 21.8 Å². The fourth-order valence-corrected chi connectivity index (χ4v) is 4.10. The number of aromatic nitrogens is 1. The van der Waals surface area contributed by atoms with Crippen molar-refractivity contribution in [3.05, 3.63) is 99.8 Å². The minimum atomic E-state index is -0.0904. The number of hydrogen-bond acceptors (Lipinski definition) is 3. The molecule has 0 fully saturated rings. The summed E-state index contributed by atoms with van der Waals surface area (Å²) in [5, 5.41) is 6.02. The summed E-state index contributed by atoms with van der Waals surface area (Å²) in [6.07, 6.45) is 0. The summed E-state index contributed by atoms with van der Waals surface area (Å²) in [5.74, 6) is -0.0904. The highest BCUT2D eigenvalue weighted by atomic mass is 79.9. The normalized spacial score (nSPS) is 10.6. The van der Waals surface area contributed by atoms with Gasteiger partial charge < -0.3 is 5.32 Å². The first-order valence-corrected chi connectivity index (χ1v) is 10.5. The molecular formula is C23H17BrN2OS. The van der Waals surface area contributed by atoms with Crippen LogP contribution < -0.4 is 5.32 Å². The van der Waals surface area contributed by atoms with Crippen molar-refractivity contribution >= 4 is 33.2 Å². The molecule has 138 valence electrons. The molecule has 0 radical (unpaired) electrons. The fraction of sp³-hybridized carbons (Fsp3) is 0.0435. The molecule has 5 heteroatoms. The van der Waals surface area contributed by atoms with E-state index in [1.807, 2.05) is 54.6 Å². The van der Waals surface area contributed by atoms with Crippen LogP contribution in [0.4, 0.5) is 0 Å². The lowest BCUT2D eigenvalue weighted by molar-refractivity contribution is 0.0951. The molecular weight excluding hydrogens is 432 g/mol. The third-order valence-corrected chi connectivity index (χ3v) is 5.67. The maximum absolute atomic E-state index is 12.3. The second kappa shape index (κ2) is 8.50. The molecule has 4 aromatic rings. The largest absolute Gasteiger partial charge is 0.348 e. The molecule has 1 heterocycles. The van der Waals surface area contributed by atoms with Gasteiger partial charge in [0.2, 0.25) is 0 Å². The van der Waals surface area contributed by atoms with Gasteiger partial charge in [-0.2, -0.15) is 0 Å². The van der Waals surface area contributed by atoms with Gasteiger partial charge in [0.15, 0.2) is 0 Å². The smallest absolute Gasteiger partial charge is 0.251 e. The summed E-state index contributed by atoms with van der Waals surface area (Å²) in [7, 11) is 0. The molecule has 0 atom stereocenters. The molecule has 1 N–H and O–H groups in total. The first-order valence-electron chi connectivity index (χ1n) is 8.83. The van der Waals surface area contributed by atoms with E-state index >= 15 is 0 Å². The Morgan fingerprint density at radius 2 is 1.71 bits per heavy atom. The number of amides is 1. The van der Waals surface area contributed by atoms with E-state index in [1.54, 1.807) is 17.4 Å². The van der Waals surface area contributed by atoms with Crippen LogP contribution in [-0.4, -0.2) is 10.9 Å². The summed E-state index contributed by atoms with van der Waals surface area (Å²) in [5.41, 5.74) is 4.83. The molecule has 1 amide bonds. The van der Waals surface area contributed by atoms with Gasteiger partial charge in [0.25, 0.3) is 5.91 Å². The number of hydrogen-bond donors (Lipinski definition) is 1. The molecule has 0 saturated heterocycles. The van der Waals surface area contributed by atoms with Crippen LogP contribution in [0.5, 0.6) is 0 Å². The standard InChI is InChI=1S/C23H17BrN2OS/c24-20-11-5-9-18(13-20)22(27)25-14-16-6-4-10-19(12-16)23-26-21(15-28-23)17-7-2-1-3-8-17/h1-13,15H,14H2,(H,25,27). The van der Waals surface area contributed by atoms with E-state index in [0.29, 0.717) is 12.1 Å². The molecule has 0 aliphatic carbocycles. The van der Waals surface area contributed by atoms with E-state index in [1.165, 1.54) is 0 Å². The maximum atomic E-state index is 12.3. The lowest BCUT2D eigenvalue weighted by Crippen LogP contribution is -2.22. The minimum absolute atomic E-state index is 0.0904. The van der Waals surface area contributed by atoms with Crippen LogP contribution in [-0.2, 0) is 6.54 Å². The van der Waals surface area contributed by atoms with Gasteiger partial charge in [-0.1, -0.05) is 70.5 Å². The van der Waals surface area contributed by atoms with Crippen molar-refractivity contribution in [3.63, 3.8) is 0 Å². The average molecular weight is 449 g/mol. The van der Waals surface area contributed by atoms with Gasteiger partial charge in [0, 0.05) is 33.1 Å². The minimum Gasteiger partial charge on any atom is -0.348 e. The van der Waals surface area contributed by atoms with Gasteiger partial charge >= 0.3 is 0 Å². The van der Waals surface area contributed by atoms with E-state index < -0.39 is 0 Å². The summed E-state index contributed by atoms with van der Waals surface area (Å²) in [6, 6.07) is 25.7. The summed E-state index contributed by atoms with van der Waals surface area (Å²) < 4.78 is 0.889. The zero-order valence-corrected chi connectivity index (χ0v) is 17.3. The molecule has 0 unspecified atom stereocenters. The van der Waals surface area contributed by atoms with Crippen molar-refractivity contribution in [1.29, 1.82) is 0 Å². The highest BCUT2D eigenvalue weighted by molar-refractivity contribution is 9.10. The first kappa shape index (κ1) is 18.6. The fourth-order valence-electron chi connectivity index (χ4n) is 2.88. The second-order valence-electron chi connectivity index (χ2n) is 6.30. The molecule has 3 aromatic carbocycles. The zero-order valence-electron chi connectivity index (χ0n) is 14.9. The molecule has 0 saturated carbocycles. The Morgan fingerprint density at radius 1 is 0.929 bits per heavy atom. The number of carbonyl (C=O) groups excluding carboxylic acids is 1. The summed E-state index contributed by atoms with van der Waals surface area (Å²) in [6.45, 7) is 0.468. The number of thiazole rings is 1. The lowest BCUT2D eigenvalue weighted by atomic mass is 10.1. The molecule has 4 rings (SSSR count). The Kier molecular flexibility index (Phi) is 5.65. The van der Waals surface area contributed by atoms with Crippen molar-refractivity contribution in [2.24, 2.45) is 0 Å². The Balaban J connectivity index is 1.48. The molecule has 0 spiro atoms. The van der Waals surface area contributed by atoms with Gasteiger partial charge in [-0.25, -0.2) is 4.98 Å². The topological polar surface area (TPSA) is 42.0 Å². The van der Waals surface area contributed by atoms with Crippen molar-refractivity contribution in [2.75, 3.05) is 0 Å². The number of benzene rings is 3. The third kappa shape index (κ3) is 4.38. The highest BCUT2D eigenvalue weighted by Gasteiger charge is 2.09. The highest BCUT2D eigenvalue weighted by Crippen LogP contribution is 2.29. The molecule has 1 aromatic heterocycles. The van der Waals surface area contributed by atoms with Crippen LogP contribution >= 0.6 is 27.3 Å². The Bertz CT molecular complexity index is 1110. The number of rotatable bonds is 5. The van der Waals surface area contributed by atoms with E-state index in [9.17, 15) is 4.79 Å². The van der Waals surface area contributed by atoms with Crippen molar-refractivity contribution in [1.82, 2.24) is 10.3 Å². The van der Waals surface area contributed by atoms with Gasteiger partial charge in [-0.05, 0) is 29.8 Å². The van der Waals surface area contributed by atoms with Crippen LogP contribution in [0.15, 0.2) is 88.7 Å². The van der Waals surface area contributed by atoms with E-state index in [4.69, 9.17) is 4.98 Å². The Labute approximate surface area is 176 Å². The zero-order chi connectivity index (χ0) is 19.3. The SMILES string of the molecule is O=C(NCc1cccc(-c2nc(-c3ccccc3)cs2)c1)c1cccc(Br)c1. The predicted molar refractivity (Wildman–Crippen MR) is 118 cm³/mol. The van der Waals surface area contributed by atoms with Crippen LogP contribution in [0.3, 0.4) is 0 Å². The van der Waals surface area contributed by atoms with E-state index in [0.717, 1.165) is 31.9 Å². The van der Waals surface area contributed by atoms with Gasteiger partial charge in [0.05, 0.1) is 5.69 Å². The first-order chi connectivity index (χ1) is 13.7. The van der Waals surface area contributed by atoms with Crippen LogP contribution in [0, 0.1) is 0 Å². The maximum Gasteiger partial charge on any atom is 0.251 e. The van der Waals surface area contributed by atoms with E-state index in [-0.39, 0.29) is 5.91 Å². The summed E-state index contributed by atoms with van der Waals surface area (Å²) >= 11 is 5.02. The number of halogens is 1.